The van der Waals surface area contributed by atoms with E-state index in [-0.39, 0.29) is 5.75 Å². The van der Waals surface area contributed by atoms with Crippen molar-refractivity contribution in [1.82, 2.24) is 5.53 Å². The van der Waals surface area contributed by atoms with Crippen molar-refractivity contribution in [3.63, 3.8) is 0 Å². The number of nitrogens with zero attached hydrogens (tertiary/aromatic N) is 1. The van der Waals surface area contributed by atoms with Crippen molar-refractivity contribution >= 4 is 28.9 Å². The molecule has 3 rings (SSSR count). The second kappa shape index (κ2) is 7.16. The van der Waals surface area contributed by atoms with Crippen LogP contribution in [0.3, 0.4) is 0 Å². The van der Waals surface area contributed by atoms with Gasteiger partial charge in [-0.2, -0.15) is 13.2 Å². The Labute approximate surface area is 157 Å². The van der Waals surface area contributed by atoms with E-state index in [1.54, 1.807) is 30.1 Å². The quantitative estimate of drug-likeness (QED) is 0.742. The number of hydrazine groups is 2. The zero-order chi connectivity index (χ0) is 19.8. The topological polar surface area (TPSA) is 62.8 Å². The van der Waals surface area contributed by atoms with Crippen LogP contribution in [0.15, 0.2) is 36.4 Å². The maximum Gasteiger partial charge on any atom is 0.417 e. The van der Waals surface area contributed by atoms with Gasteiger partial charge in [-0.25, -0.2) is 4.79 Å². The number of anilines is 2. The zero-order valence-corrected chi connectivity index (χ0v) is 15.0. The minimum atomic E-state index is -4.53. The molecule has 1 unspecified atom stereocenters. The minimum Gasteiger partial charge on any atom is -0.467 e. The normalized spacial score (nSPS) is 14.4. The van der Waals surface area contributed by atoms with E-state index < -0.39 is 28.8 Å². The van der Waals surface area contributed by atoms with E-state index in [2.05, 4.69) is 11.0 Å². The molecule has 10 heteroatoms. The second-order valence-corrected chi connectivity index (χ2v) is 6.13. The monoisotopic (exact) mass is 401 g/mol. The summed E-state index contributed by atoms with van der Waals surface area (Å²) in [6.45, 7) is 1.67. The van der Waals surface area contributed by atoms with Crippen molar-refractivity contribution in [3.05, 3.63) is 47.0 Å². The van der Waals surface area contributed by atoms with Gasteiger partial charge in [0.1, 0.15) is 17.5 Å². The van der Waals surface area contributed by atoms with Gasteiger partial charge in [-0.15, -0.1) is 5.53 Å². The molecular formula is C17H15ClF3N3O3. The fourth-order valence-corrected chi connectivity index (χ4v) is 2.85. The predicted molar refractivity (Wildman–Crippen MR) is 93.7 cm³/mol. The summed E-state index contributed by atoms with van der Waals surface area (Å²) in [6, 6.07) is 7.54. The van der Waals surface area contributed by atoms with Crippen molar-refractivity contribution in [2.45, 2.75) is 19.1 Å². The van der Waals surface area contributed by atoms with Crippen LogP contribution >= 0.6 is 11.6 Å². The summed E-state index contributed by atoms with van der Waals surface area (Å²) < 4.78 is 48.6. The Bertz CT molecular complexity index is 876. The number of halogens is 4. The molecule has 1 aliphatic heterocycles. The fourth-order valence-electron chi connectivity index (χ4n) is 2.58. The highest BCUT2D eigenvalue weighted by atomic mass is 35.5. The van der Waals surface area contributed by atoms with Gasteiger partial charge in [0.05, 0.1) is 29.1 Å². The number of rotatable bonds is 4. The maximum atomic E-state index is 12.8. The van der Waals surface area contributed by atoms with Crippen molar-refractivity contribution in [2.24, 2.45) is 0 Å². The van der Waals surface area contributed by atoms with Crippen LogP contribution in [0.5, 0.6) is 11.5 Å². The number of esters is 1. The number of nitrogens with one attached hydrogen (secondary N) is 2. The molecule has 0 spiro atoms. The van der Waals surface area contributed by atoms with Crippen molar-refractivity contribution < 1.29 is 27.4 Å². The van der Waals surface area contributed by atoms with Gasteiger partial charge in [-0.1, -0.05) is 11.6 Å². The minimum absolute atomic E-state index is 0.165. The molecule has 1 atom stereocenters. The third-order valence-corrected chi connectivity index (χ3v) is 4.26. The van der Waals surface area contributed by atoms with Crippen LogP contribution in [0, 0.1) is 0 Å². The zero-order valence-electron chi connectivity index (χ0n) is 14.2. The Morgan fingerprint density at radius 1 is 1.19 bits per heavy atom. The van der Waals surface area contributed by atoms with Crippen LogP contribution in [-0.2, 0) is 15.7 Å². The number of benzene rings is 2. The Hall–Kier alpha value is -2.65. The summed E-state index contributed by atoms with van der Waals surface area (Å²) in [4.78, 5) is 11.7. The Kier molecular flexibility index (Phi) is 5.07. The van der Waals surface area contributed by atoms with E-state index in [1.807, 2.05) is 0 Å². The van der Waals surface area contributed by atoms with Crippen molar-refractivity contribution in [1.29, 1.82) is 0 Å². The van der Waals surface area contributed by atoms with Gasteiger partial charge >= 0.3 is 12.1 Å². The molecule has 27 heavy (non-hydrogen) atoms. The molecule has 2 aromatic carbocycles. The molecule has 144 valence electrons. The van der Waals surface area contributed by atoms with Gasteiger partial charge in [0.25, 0.3) is 0 Å². The molecule has 2 N–H and O–H groups in total. The molecule has 0 radical (unpaired) electrons. The molecule has 0 saturated heterocycles. The molecule has 0 amide bonds. The first-order valence-electron chi connectivity index (χ1n) is 7.78. The molecule has 2 aromatic rings. The lowest BCUT2D eigenvalue weighted by Crippen LogP contribution is -2.47. The van der Waals surface area contributed by atoms with Crippen LogP contribution in [0.4, 0.5) is 24.5 Å². The number of hydrogen-bond acceptors (Lipinski definition) is 6. The van der Waals surface area contributed by atoms with E-state index in [1.165, 1.54) is 13.2 Å². The average molecular weight is 402 g/mol. The molecule has 1 heterocycles. The maximum absolute atomic E-state index is 12.8. The van der Waals surface area contributed by atoms with Gasteiger partial charge in [-0.3, -0.25) is 5.01 Å². The third kappa shape index (κ3) is 3.88. The van der Waals surface area contributed by atoms with Crippen LogP contribution in [0.1, 0.15) is 12.5 Å². The van der Waals surface area contributed by atoms with Crippen molar-refractivity contribution in [3.8, 4) is 11.5 Å². The molecule has 1 aliphatic rings. The number of hydrogen-bond donors (Lipinski definition) is 2. The number of fused-ring (bicyclic) bond motifs is 1. The molecule has 0 bridgehead atoms. The van der Waals surface area contributed by atoms with Crippen molar-refractivity contribution in [2.75, 3.05) is 17.5 Å². The lowest BCUT2D eigenvalue weighted by Gasteiger charge is -2.23. The molecule has 0 aromatic heterocycles. The van der Waals surface area contributed by atoms with Crippen LogP contribution in [-0.4, -0.2) is 19.1 Å². The summed E-state index contributed by atoms with van der Waals surface area (Å²) in [6.07, 6.45) is -4.53. The summed E-state index contributed by atoms with van der Waals surface area (Å²) in [5.41, 5.74) is 6.12. The van der Waals surface area contributed by atoms with Gasteiger partial charge in [0.2, 0.25) is 0 Å². The van der Waals surface area contributed by atoms with Gasteiger partial charge in [-0.05, 0) is 31.2 Å². The Morgan fingerprint density at radius 3 is 2.48 bits per heavy atom. The third-order valence-electron chi connectivity index (χ3n) is 3.95. The molecule has 0 aliphatic carbocycles. The van der Waals surface area contributed by atoms with E-state index in [0.717, 1.165) is 12.1 Å². The smallest absolute Gasteiger partial charge is 0.417 e. The average Bonchev–Trinajstić information content (AvgIpc) is 3.02. The molecule has 6 nitrogen and oxygen atoms in total. The first-order chi connectivity index (χ1) is 12.7. The van der Waals surface area contributed by atoms with E-state index in [9.17, 15) is 18.0 Å². The fraction of sp³-hybridized carbons (Fsp3) is 0.235. The Balaban J connectivity index is 1.79. The highest BCUT2D eigenvalue weighted by molar-refractivity contribution is 6.31. The highest BCUT2D eigenvalue weighted by Gasteiger charge is 2.33. The number of methoxy groups -OCH3 is 1. The SMILES string of the molecule is COC(=O)C(C)N1NNc2cc(Oc3ccc(C(F)(F)F)c(Cl)c3)ccc21. The van der Waals surface area contributed by atoms with E-state index in [0.29, 0.717) is 17.1 Å². The summed E-state index contributed by atoms with van der Waals surface area (Å²) in [7, 11) is 1.30. The lowest BCUT2D eigenvalue weighted by molar-refractivity contribution is -0.142. The largest absolute Gasteiger partial charge is 0.467 e. The molecule has 0 fully saturated rings. The molecule has 0 saturated carbocycles. The number of carbonyl (C=O) groups excluding carboxylic acids is 1. The number of ether oxygens (including phenoxy) is 2. The molecular weight excluding hydrogens is 387 g/mol. The number of alkyl halides is 3. The Morgan fingerprint density at radius 2 is 1.85 bits per heavy atom. The van der Waals surface area contributed by atoms with Gasteiger partial charge in [0.15, 0.2) is 0 Å². The highest BCUT2D eigenvalue weighted by Crippen LogP contribution is 2.39. The van der Waals surface area contributed by atoms with E-state index in [4.69, 9.17) is 21.1 Å². The second-order valence-electron chi connectivity index (χ2n) is 5.73. The summed E-state index contributed by atoms with van der Waals surface area (Å²) >= 11 is 5.70. The first-order valence-corrected chi connectivity index (χ1v) is 8.16. The van der Waals surface area contributed by atoms with Crippen LogP contribution in [0.25, 0.3) is 0 Å². The van der Waals surface area contributed by atoms with Gasteiger partial charge in [0, 0.05) is 12.1 Å². The van der Waals surface area contributed by atoms with Crippen LogP contribution in [0.2, 0.25) is 5.02 Å². The summed E-state index contributed by atoms with van der Waals surface area (Å²) in [5.74, 6) is 0.127. The van der Waals surface area contributed by atoms with E-state index >= 15 is 0 Å². The predicted octanol–water partition coefficient (Wildman–Crippen LogP) is 4.36. The van der Waals surface area contributed by atoms with Gasteiger partial charge < -0.3 is 14.9 Å². The lowest BCUT2D eigenvalue weighted by atomic mass is 10.2. The number of carbonyl (C=O) groups is 1. The first kappa shape index (κ1) is 19.1. The summed E-state index contributed by atoms with van der Waals surface area (Å²) in [5, 5.41) is 1.14. The van der Waals surface area contributed by atoms with Crippen LogP contribution < -0.4 is 20.7 Å². The standard InChI is InChI=1S/C17H15ClF3N3O3/c1-9(16(25)26-2)24-15-6-4-11(8-14(15)22-23-24)27-10-3-5-12(13(18)7-10)17(19,20)21/h3-9,22-23H,1-2H3.